The monoisotopic (exact) mass is 144 g/mol. The summed E-state index contributed by atoms with van der Waals surface area (Å²) in [5, 5.41) is 0. The minimum Gasteiger partial charge on any atom is -0.250 e. The van der Waals surface area contributed by atoms with Crippen LogP contribution in [0.3, 0.4) is 0 Å². The highest BCUT2D eigenvalue weighted by Crippen LogP contribution is 2.57. The van der Waals surface area contributed by atoms with E-state index < -0.39 is 0 Å². The van der Waals surface area contributed by atoms with Gasteiger partial charge in [0.25, 0.3) is 0 Å². The Bertz CT molecular complexity index is 111. The molecule has 1 aliphatic rings. The lowest BCUT2D eigenvalue weighted by atomic mass is 9.98. The molecule has 1 fully saturated rings. The maximum atomic E-state index is 12.5. The average molecular weight is 144 g/mol. The molecule has 0 N–H and O–H groups in total. The maximum Gasteiger partial charge on any atom is 0.0953 e. The lowest BCUT2D eigenvalue weighted by Crippen LogP contribution is -2.05. The van der Waals surface area contributed by atoms with Gasteiger partial charge in [-0.1, -0.05) is 26.7 Å². The van der Waals surface area contributed by atoms with E-state index in [0.717, 1.165) is 19.3 Å². The van der Waals surface area contributed by atoms with Gasteiger partial charge in [0.15, 0.2) is 0 Å². The topological polar surface area (TPSA) is 0 Å². The average Bonchev–Trinajstić information content (AvgIpc) is 2.65. The minimum absolute atomic E-state index is 0.0840. The number of hydrogen-bond donors (Lipinski definition) is 0. The van der Waals surface area contributed by atoms with Crippen molar-refractivity contribution in [3.8, 4) is 0 Å². The van der Waals surface area contributed by atoms with E-state index >= 15 is 0 Å². The Kier molecular flexibility index (Phi) is 2.32. The predicted octanol–water partition coefficient (Wildman–Crippen LogP) is 3.17. The molecular formula is C9H17F. The zero-order valence-electron chi connectivity index (χ0n) is 6.99. The Balaban J connectivity index is 2.34. The summed E-state index contributed by atoms with van der Waals surface area (Å²) in [6.45, 7) is 4.22. The third-order valence-corrected chi connectivity index (χ3v) is 2.87. The molecule has 0 aromatic heterocycles. The molecule has 0 aromatic carbocycles. The predicted molar refractivity (Wildman–Crippen MR) is 41.7 cm³/mol. The summed E-state index contributed by atoms with van der Waals surface area (Å²) in [4.78, 5) is 0. The van der Waals surface area contributed by atoms with Crippen LogP contribution in [0.15, 0.2) is 0 Å². The van der Waals surface area contributed by atoms with E-state index in [1.165, 1.54) is 6.42 Å². The van der Waals surface area contributed by atoms with Crippen LogP contribution in [0.2, 0.25) is 0 Å². The van der Waals surface area contributed by atoms with Crippen molar-refractivity contribution in [2.24, 2.45) is 11.3 Å². The molecule has 0 saturated heterocycles. The normalized spacial score (nSPS) is 38.1. The number of hydrogen-bond acceptors (Lipinski definition) is 0. The van der Waals surface area contributed by atoms with Gasteiger partial charge >= 0.3 is 0 Å². The van der Waals surface area contributed by atoms with Gasteiger partial charge < -0.3 is 0 Å². The van der Waals surface area contributed by atoms with Crippen molar-refractivity contribution in [1.29, 1.82) is 0 Å². The highest BCUT2D eigenvalue weighted by Gasteiger charge is 2.51. The molecule has 60 valence electrons. The lowest BCUT2D eigenvalue weighted by molar-refractivity contribution is 0.294. The molecule has 2 atom stereocenters. The van der Waals surface area contributed by atoms with Gasteiger partial charge in [0.05, 0.1) is 6.67 Å². The maximum absolute atomic E-state index is 12.5. The van der Waals surface area contributed by atoms with Gasteiger partial charge in [-0.25, -0.2) is 0 Å². The minimum atomic E-state index is -0.0840. The molecular weight excluding hydrogens is 127 g/mol. The third kappa shape index (κ3) is 1.18. The second-order valence-corrected chi connectivity index (χ2v) is 3.56. The van der Waals surface area contributed by atoms with Crippen LogP contribution in [-0.2, 0) is 0 Å². The van der Waals surface area contributed by atoms with Gasteiger partial charge in [0.2, 0.25) is 0 Å². The first kappa shape index (κ1) is 8.03. The van der Waals surface area contributed by atoms with Crippen molar-refractivity contribution in [1.82, 2.24) is 0 Å². The number of alkyl halides is 1. The second kappa shape index (κ2) is 2.89. The number of rotatable bonds is 4. The molecule has 0 bridgehead atoms. The summed E-state index contributed by atoms with van der Waals surface area (Å²) in [5.74, 6) is 0.706. The van der Waals surface area contributed by atoms with E-state index in [2.05, 4.69) is 13.8 Å². The van der Waals surface area contributed by atoms with Crippen LogP contribution in [0.25, 0.3) is 0 Å². The molecule has 0 aromatic rings. The summed E-state index contributed by atoms with van der Waals surface area (Å²) in [5.41, 5.74) is 0.142. The van der Waals surface area contributed by atoms with Gasteiger partial charge in [-0.05, 0) is 18.8 Å². The molecule has 1 saturated carbocycles. The Hall–Kier alpha value is -0.0700. The van der Waals surface area contributed by atoms with Crippen LogP contribution >= 0.6 is 0 Å². The number of halogens is 1. The summed E-state index contributed by atoms with van der Waals surface area (Å²) in [6, 6.07) is 0. The summed E-state index contributed by atoms with van der Waals surface area (Å²) in [6.07, 6.45) is 4.56. The van der Waals surface area contributed by atoms with E-state index in [4.69, 9.17) is 0 Å². The molecule has 0 radical (unpaired) electrons. The fourth-order valence-corrected chi connectivity index (χ4v) is 2.04. The molecule has 1 rings (SSSR count). The standard InChI is InChI=1S/C9H17F/c1-3-5-9(7-10)6-8(9)4-2/h8H,3-7H2,1-2H3. The van der Waals surface area contributed by atoms with Crippen LogP contribution in [0, 0.1) is 11.3 Å². The molecule has 2 unspecified atom stereocenters. The van der Waals surface area contributed by atoms with E-state index in [9.17, 15) is 4.39 Å². The van der Waals surface area contributed by atoms with E-state index in [0.29, 0.717) is 5.92 Å². The fourth-order valence-electron chi connectivity index (χ4n) is 2.04. The molecule has 0 amide bonds. The molecule has 0 heterocycles. The van der Waals surface area contributed by atoms with Crippen molar-refractivity contribution >= 4 is 0 Å². The molecule has 1 heteroatoms. The van der Waals surface area contributed by atoms with Crippen LogP contribution < -0.4 is 0 Å². The Labute approximate surface area is 62.8 Å². The lowest BCUT2D eigenvalue weighted by Gasteiger charge is -2.09. The van der Waals surface area contributed by atoms with Crippen molar-refractivity contribution in [2.75, 3.05) is 6.67 Å². The molecule has 1 aliphatic carbocycles. The quantitative estimate of drug-likeness (QED) is 0.568. The van der Waals surface area contributed by atoms with Crippen molar-refractivity contribution < 1.29 is 4.39 Å². The van der Waals surface area contributed by atoms with Crippen LogP contribution in [0.1, 0.15) is 39.5 Å². The van der Waals surface area contributed by atoms with Crippen molar-refractivity contribution in [3.63, 3.8) is 0 Å². The van der Waals surface area contributed by atoms with E-state index in [1.807, 2.05) is 0 Å². The molecule has 0 nitrogen and oxygen atoms in total. The molecule has 10 heavy (non-hydrogen) atoms. The van der Waals surface area contributed by atoms with Crippen molar-refractivity contribution in [3.05, 3.63) is 0 Å². The Morgan fingerprint density at radius 1 is 1.50 bits per heavy atom. The third-order valence-electron chi connectivity index (χ3n) is 2.87. The first-order valence-corrected chi connectivity index (χ1v) is 4.35. The van der Waals surface area contributed by atoms with Gasteiger partial charge in [-0.3, -0.25) is 4.39 Å². The largest absolute Gasteiger partial charge is 0.250 e. The van der Waals surface area contributed by atoms with Crippen LogP contribution in [0.5, 0.6) is 0 Å². The van der Waals surface area contributed by atoms with Gasteiger partial charge in [0.1, 0.15) is 0 Å². The second-order valence-electron chi connectivity index (χ2n) is 3.56. The van der Waals surface area contributed by atoms with Gasteiger partial charge in [-0.2, -0.15) is 0 Å². The zero-order chi connectivity index (χ0) is 7.61. The van der Waals surface area contributed by atoms with Crippen LogP contribution in [-0.4, -0.2) is 6.67 Å². The Morgan fingerprint density at radius 2 is 2.20 bits per heavy atom. The zero-order valence-corrected chi connectivity index (χ0v) is 6.99. The highest BCUT2D eigenvalue weighted by molar-refractivity contribution is 5.00. The summed E-state index contributed by atoms with van der Waals surface area (Å²) in [7, 11) is 0. The highest BCUT2D eigenvalue weighted by atomic mass is 19.1. The first-order chi connectivity index (χ1) is 4.79. The van der Waals surface area contributed by atoms with Crippen molar-refractivity contribution in [2.45, 2.75) is 39.5 Å². The van der Waals surface area contributed by atoms with E-state index in [-0.39, 0.29) is 12.1 Å². The van der Waals surface area contributed by atoms with E-state index in [1.54, 1.807) is 0 Å². The Morgan fingerprint density at radius 3 is 2.50 bits per heavy atom. The fraction of sp³-hybridized carbons (Fsp3) is 1.00. The first-order valence-electron chi connectivity index (χ1n) is 4.35. The smallest absolute Gasteiger partial charge is 0.0953 e. The van der Waals surface area contributed by atoms with Gasteiger partial charge in [0, 0.05) is 5.41 Å². The summed E-state index contributed by atoms with van der Waals surface area (Å²) >= 11 is 0. The summed E-state index contributed by atoms with van der Waals surface area (Å²) < 4.78 is 12.5. The molecule has 0 aliphatic heterocycles. The van der Waals surface area contributed by atoms with Gasteiger partial charge in [-0.15, -0.1) is 0 Å². The SMILES string of the molecule is CCCC1(CF)CC1CC. The van der Waals surface area contributed by atoms with Crippen LogP contribution in [0.4, 0.5) is 4.39 Å². The molecule has 0 spiro atoms.